The Balaban J connectivity index is 0.00000280. The Labute approximate surface area is 194 Å². The van der Waals surface area contributed by atoms with Gasteiger partial charge in [-0.15, -0.1) is 46.7 Å². The van der Waals surface area contributed by atoms with Crippen LogP contribution in [-0.4, -0.2) is 49.1 Å². The van der Waals surface area contributed by atoms with E-state index in [-0.39, 0.29) is 24.0 Å². The topological polar surface area (TPSA) is 52.6 Å². The van der Waals surface area contributed by atoms with E-state index in [1.807, 2.05) is 18.4 Å². The second kappa shape index (κ2) is 12.8. The molecule has 1 aliphatic rings. The lowest BCUT2D eigenvalue weighted by atomic mass is 9.97. The first kappa shape index (κ1) is 23.6. The van der Waals surface area contributed by atoms with Gasteiger partial charge < -0.3 is 10.6 Å². The summed E-state index contributed by atoms with van der Waals surface area (Å²) in [5, 5.41) is 12.5. The van der Waals surface area contributed by atoms with Gasteiger partial charge in [0, 0.05) is 36.9 Å². The second-order valence-electron chi connectivity index (χ2n) is 7.01. The summed E-state index contributed by atoms with van der Waals surface area (Å²) >= 11 is 3.60. The van der Waals surface area contributed by atoms with Crippen LogP contribution in [0.2, 0.25) is 0 Å². The molecule has 1 fully saturated rings. The van der Waals surface area contributed by atoms with Crippen molar-refractivity contribution in [1.82, 2.24) is 20.5 Å². The van der Waals surface area contributed by atoms with Crippen LogP contribution in [0.15, 0.2) is 27.9 Å². The maximum Gasteiger partial charge on any atom is 0.190 e. The van der Waals surface area contributed by atoms with E-state index in [1.54, 1.807) is 11.3 Å². The fraction of sp³-hybridized carbons (Fsp3) is 0.600. The zero-order chi connectivity index (χ0) is 18.9. The lowest BCUT2D eigenvalue weighted by molar-refractivity contribution is 0.176. The van der Waals surface area contributed by atoms with E-state index in [4.69, 9.17) is 4.98 Å². The summed E-state index contributed by atoms with van der Waals surface area (Å²) in [6, 6.07) is 4.29. The molecule has 2 aromatic heterocycles. The first-order valence-electron chi connectivity index (χ1n) is 9.89. The Morgan fingerprint density at radius 2 is 2.11 bits per heavy atom. The van der Waals surface area contributed by atoms with Crippen LogP contribution in [0, 0.1) is 5.92 Å². The number of thiophene rings is 1. The molecule has 28 heavy (non-hydrogen) atoms. The van der Waals surface area contributed by atoms with Gasteiger partial charge in [-0.2, -0.15) is 0 Å². The van der Waals surface area contributed by atoms with Gasteiger partial charge in [-0.3, -0.25) is 9.89 Å². The average Bonchev–Trinajstić information content (AvgIpc) is 3.37. The molecule has 0 radical (unpaired) electrons. The minimum absolute atomic E-state index is 0. The Hall–Kier alpha value is -0.710. The number of aryl methyl sites for hydroxylation is 1. The largest absolute Gasteiger partial charge is 0.356 e. The maximum absolute atomic E-state index is 4.70. The van der Waals surface area contributed by atoms with Crippen LogP contribution in [0.25, 0.3) is 0 Å². The van der Waals surface area contributed by atoms with E-state index >= 15 is 0 Å². The number of guanidine groups is 1. The summed E-state index contributed by atoms with van der Waals surface area (Å²) in [5.74, 6) is 1.64. The number of nitrogens with one attached hydrogen (secondary N) is 2. The molecule has 156 valence electrons. The molecule has 2 aromatic rings. The highest BCUT2D eigenvalue weighted by atomic mass is 127. The molecular weight excluding hydrogens is 501 g/mol. The summed E-state index contributed by atoms with van der Waals surface area (Å²) in [6.07, 6.45) is 4.57. The molecule has 0 aliphatic carbocycles. The molecule has 1 saturated heterocycles. The molecule has 0 aromatic carbocycles. The van der Waals surface area contributed by atoms with Crippen LogP contribution in [0.4, 0.5) is 0 Å². The number of halogens is 1. The normalized spacial score (nSPS) is 16.0. The molecule has 1 aliphatic heterocycles. The number of hydrogen-bond acceptors (Lipinski definition) is 5. The van der Waals surface area contributed by atoms with Crippen molar-refractivity contribution in [3.8, 4) is 0 Å². The number of aromatic nitrogens is 1. The first-order chi connectivity index (χ1) is 13.3. The van der Waals surface area contributed by atoms with Crippen LogP contribution in [-0.2, 0) is 19.4 Å². The smallest absolute Gasteiger partial charge is 0.190 e. The van der Waals surface area contributed by atoms with Gasteiger partial charge >= 0.3 is 0 Å². The van der Waals surface area contributed by atoms with E-state index in [0.717, 1.165) is 57.4 Å². The molecule has 3 heterocycles. The minimum atomic E-state index is 0. The monoisotopic (exact) mass is 533 g/mol. The third-order valence-corrected chi connectivity index (χ3v) is 7.00. The van der Waals surface area contributed by atoms with Crippen molar-refractivity contribution in [2.24, 2.45) is 10.9 Å². The third kappa shape index (κ3) is 7.61. The molecule has 0 amide bonds. The number of likely N-dealkylation sites (tertiary alicyclic amines) is 1. The highest BCUT2D eigenvalue weighted by Gasteiger charge is 2.20. The van der Waals surface area contributed by atoms with Gasteiger partial charge in [0.15, 0.2) is 5.96 Å². The Morgan fingerprint density at radius 1 is 1.29 bits per heavy atom. The van der Waals surface area contributed by atoms with Crippen molar-refractivity contribution in [1.29, 1.82) is 0 Å². The third-order valence-electron chi connectivity index (χ3n) is 5.02. The van der Waals surface area contributed by atoms with Gasteiger partial charge in [0.2, 0.25) is 0 Å². The molecule has 0 atom stereocenters. The van der Waals surface area contributed by atoms with Gasteiger partial charge in [0.25, 0.3) is 0 Å². The molecule has 0 unspecified atom stereocenters. The SMILES string of the molecule is CCc1nc(CN2CCC(CNC(=NC)NCCc3cccs3)CC2)cs1.I. The molecule has 0 bridgehead atoms. The summed E-state index contributed by atoms with van der Waals surface area (Å²) < 4.78 is 0. The number of thiazole rings is 1. The Bertz CT molecular complexity index is 693. The molecule has 0 saturated carbocycles. The van der Waals surface area contributed by atoms with Crippen molar-refractivity contribution >= 4 is 52.6 Å². The van der Waals surface area contributed by atoms with Crippen LogP contribution >= 0.6 is 46.7 Å². The zero-order valence-electron chi connectivity index (χ0n) is 16.8. The molecule has 0 spiro atoms. The van der Waals surface area contributed by atoms with E-state index in [1.165, 1.54) is 28.4 Å². The van der Waals surface area contributed by atoms with Crippen LogP contribution < -0.4 is 10.6 Å². The first-order valence-corrected chi connectivity index (χ1v) is 11.6. The number of aliphatic imine (C=N–C) groups is 1. The summed E-state index contributed by atoms with van der Waals surface area (Å²) in [6.45, 7) is 7.43. The van der Waals surface area contributed by atoms with Gasteiger partial charge in [-0.05, 0) is 56.1 Å². The number of rotatable bonds is 8. The van der Waals surface area contributed by atoms with Crippen molar-refractivity contribution < 1.29 is 0 Å². The predicted octanol–water partition coefficient (Wildman–Crippen LogP) is 4.00. The predicted molar refractivity (Wildman–Crippen MR) is 132 cm³/mol. The Kier molecular flexibility index (Phi) is 10.7. The Morgan fingerprint density at radius 3 is 2.75 bits per heavy atom. The highest BCUT2D eigenvalue weighted by molar-refractivity contribution is 14.0. The van der Waals surface area contributed by atoms with E-state index < -0.39 is 0 Å². The van der Waals surface area contributed by atoms with Gasteiger partial charge in [0.05, 0.1) is 10.7 Å². The molecule has 8 heteroatoms. The molecule has 2 N–H and O–H groups in total. The lowest BCUT2D eigenvalue weighted by Gasteiger charge is -2.31. The van der Waals surface area contributed by atoms with Crippen LogP contribution in [0.5, 0.6) is 0 Å². The van der Waals surface area contributed by atoms with Gasteiger partial charge in [0.1, 0.15) is 0 Å². The summed E-state index contributed by atoms with van der Waals surface area (Å²) in [5.41, 5.74) is 1.24. The minimum Gasteiger partial charge on any atom is -0.356 e. The van der Waals surface area contributed by atoms with Crippen LogP contribution in [0.3, 0.4) is 0 Å². The second-order valence-corrected chi connectivity index (χ2v) is 8.99. The zero-order valence-corrected chi connectivity index (χ0v) is 20.8. The fourth-order valence-electron chi connectivity index (χ4n) is 3.38. The standard InChI is InChI=1S/C20H31N5S2.HI/c1-3-19-24-17(15-27-19)14-25-10-7-16(8-11-25)13-23-20(21-2)22-9-6-18-5-4-12-26-18;/h4-5,12,15-16H,3,6-11,13-14H2,1-2H3,(H2,21,22,23);1H. The lowest BCUT2D eigenvalue weighted by Crippen LogP contribution is -2.43. The number of nitrogens with zero attached hydrogens (tertiary/aromatic N) is 3. The van der Waals surface area contributed by atoms with Crippen molar-refractivity contribution in [2.75, 3.05) is 33.2 Å². The summed E-state index contributed by atoms with van der Waals surface area (Å²) in [7, 11) is 1.85. The number of hydrogen-bond donors (Lipinski definition) is 2. The number of piperidine rings is 1. The maximum atomic E-state index is 4.70. The van der Waals surface area contributed by atoms with E-state index in [0.29, 0.717) is 0 Å². The highest BCUT2D eigenvalue weighted by Crippen LogP contribution is 2.19. The molecular formula is C20H32IN5S2. The fourth-order valence-corrected chi connectivity index (χ4v) is 4.83. The molecule has 5 nitrogen and oxygen atoms in total. The quantitative estimate of drug-likeness (QED) is 0.306. The van der Waals surface area contributed by atoms with E-state index in [9.17, 15) is 0 Å². The average molecular weight is 534 g/mol. The van der Waals surface area contributed by atoms with Gasteiger partial charge in [-0.1, -0.05) is 13.0 Å². The summed E-state index contributed by atoms with van der Waals surface area (Å²) in [4.78, 5) is 13.0. The van der Waals surface area contributed by atoms with E-state index in [2.05, 4.69) is 50.3 Å². The van der Waals surface area contributed by atoms with Crippen molar-refractivity contribution in [3.63, 3.8) is 0 Å². The van der Waals surface area contributed by atoms with Crippen molar-refractivity contribution in [3.05, 3.63) is 38.5 Å². The van der Waals surface area contributed by atoms with Crippen LogP contribution in [0.1, 0.15) is 35.3 Å². The van der Waals surface area contributed by atoms with Crippen molar-refractivity contribution in [2.45, 2.75) is 39.2 Å². The molecule has 3 rings (SSSR count). The van der Waals surface area contributed by atoms with Gasteiger partial charge in [-0.25, -0.2) is 4.98 Å².